The Bertz CT molecular complexity index is 1090. The molecule has 0 spiro atoms. The van der Waals surface area contributed by atoms with Gasteiger partial charge in [0.2, 0.25) is 0 Å². The number of hydrogen-bond acceptors (Lipinski definition) is 2. The predicted octanol–water partition coefficient (Wildman–Crippen LogP) is 3.85. The first kappa shape index (κ1) is 22.9. The van der Waals surface area contributed by atoms with Crippen LogP contribution in [0.15, 0.2) is 73.3 Å². The van der Waals surface area contributed by atoms with Crippen molar-refractivity contribution in [2.45, 2.75) is 52.6 Å². The molecule has 0 radical (unpaired) electrons. The van der Waals surface area contributed by atoms with Crippen molar-refractivity contribution in [3.8, 4) is 0 Å². The lowest BCUT2D eigenvalue weighted by molar-refractivity contribution is -0.863. The molecule has 2 aliphatic rings. The standard InChI is InChI=1S/C30H38N4/c1-3-5-13-31-15-17-33(23-31)21-27-11-7-9-25-19-26-10-8-12-28(30(26)20-29(25)27)22-34-18-16-32(24-34)14-6-4-2/h7-12,15-20H,3-6,13-14,21-24H2,1-2H3/p+2. The highest BCUT2D eigenvalue weighted by molar-refractivity contribution is 6.00. The van der Waals surface area contributed by atoms with Crippen LogP contribution in [0.3, 0.4) is 0 Å². The average Bonchev–Trinajstić information content (AvgIpc) is 3.50. The lowest BCUT2D eigenvalue weighted by Gasteiger charge is -2.18. The molecule has 0 bridgehead atoms. The van der Waals surface area contributed by atoms with Crippen LogP contribution in [0.4, 0.5) is 0 Å². The Balaban J connectivity index is 1.37. The zero-order valence-corrected chi connectivity index (χ0v) is 20.9. The first-order valence-corrected chi connectivity index (χ1v) is 13.2. The molecule has 3 aromatic carbocycles. The summed E-state index contributed by atoms with van der Waals surface area (Å²) in [7, 11) is 0. The Labute approximate surface area is 204 Å². The van der Waals surface area contributed by atoms with Gasteiger partial charge >= 0.3 is 0 Å². The van der Waals surface area contributed by atoms with Crippen LogP contribution < -0.4 is 9.80 Å². The van der Waals surface area contributed by atoms with Gasteiger partial charge in [-0.2, -0.15) is 0 Å². The summed E-state index contributed by atoms with van der Waals surface area (Å²) in [6.07, 6.45) is 14.3. The number of unbranched alkanes of at least 4 members (excludes halogenated alkanes) is 2. The molecule has 2 N–H and O–H groups in total. The molecule has 0 aromatic heterocycles. The molecule has 4 nitrogen and oxygen atoms in total. The van der Waals surface area contributed by atoms with E-state index in [2.05, 4.69) is 97.0 Å². The second-order valence-electron chi connectivity index (χ2n) is 10.1. The van der Waals surface area contributed by atoms with Gasteiger partial charge in [-0.3, -0.25) is 9.80 Å². The molecule has 0 aliphatic carbocycles. The van der Waals surface area contributed by atoms with Gasteiger partial charge in [0.1, 0.15) is 25.5 Å². The first-order chi connectivity index (χ1) is 16.7. The normalized spacial score (nSPS) is 19.8. The van der Waals surface area contributed by atoms with Gasteiger partial charge in [0.25, 0.3) is 0 Å². The van der Waals surface area contributed by atoms with Crippen LogP contribution in [0.1, 0.15) is 50.7 Å². The SMILES string of the molecule is CCCCN1C=C[NH+](Cc2cccc3cc4cccc(C[NH+]5C=CN(CCCC)C5)c4cc23)C1. The third-order valence-corrected chi connectivity index (χ3v) is 7.35. The maximum Gasteiger partial charge on any atom is 0.157 e. The van der Waals surface area contributed by atoms with Crippen LogP contribution in [0.5, 0.6) is 0 Å². The van der Waals surface area contributed by atoms with E-state index in [-0.39, 0.29) is 0 Å². The Morgan fingerprint density at radius 1 is 0.676 bits per heavy atom. The highest BCUT2D eigenvalue weighted by atomic mass is 15.3. The van der Waals surface area contributed by atoms with E-state index in [1.165, 1.54) is 81.2 Å². The number of quaternary nitrogens is 2. The monoisotopic (exact) mass is 456 g/mol. The number of rotatable bonds is 10. The van der Waals surface area contributed by atoms with Gasteiger partial charge in [0, 0.05) is 24.2 Å². The van der Waals surface area contributed by atoms with E-state index < -0.39 is 0 Å². The van der Waals surface area contributed by atoms with Gasteiger partial charge in [-0.25, -0.2) is 0 Å². The van der Waals surface area contributed by atoms with E-state index in [1.807, 2.05) is 0 Å². The van der Waals surface area contributed by atoms with E-state index in [9.17, 15) is 0 Å². The molecular formula is C30H40N4+2. The van der Waals surface area contributed by atoms with Crippen LogP contribution in [-0.2, 0) is 13.1 Å². The molecule has 3 aromatic rings. The van der Waals surface area contributed by atoms with Crippen molar-refractivity contribution in [1.82, 2.24) is 9.80 Å². The van der Waals surface area contributed by atoms with Gasteiger partial charge < -0.3 is 9.80 Å². The highest BCUT2D eigenvalue weighted by Gasteiger charge is 2.20. The number of nitrogens with zero attached hydrogens (tertiary/aromatic N) is 2. The summed E-state index contributed by atoms with van der Waals surface area (Å²) in [6.45, 7) is 11.1. The molecule has 2 unspecified atom stereocenters. The molecule has 0 fully saturated rings. The fourth-order valence-electron chi connectivity index (χ4n) is 5.39. The second kappa shape index (κ2) is 10.6. The minimum Gasteiger partial charge on any atom is -0.326 e. The molecule has 34 heavy (non-hydrogen) atoms. The third kappa shape index (κ3) is 5.13. The van der Waals surface area contributed by atoms with E-state index in [0.29, 0.717) is 0 Å². The summed E-state index contributed by atoms with van der Waals surface area (Å²) >= 11 is 0. The van der Waals surface area contributed by atoms with Crippen LogP contribution in [-0.4, -0.2) is 36.2 Å². The topological polar surface area (TPSA) is 15.4 Å². The lowest BCUT2D eigenvalue weighted by Crippen LogP contribution is -3.05. The van der Waals surface area contributed by atoms with Crippen molar-refractivity contribution >= 4 is 21.5 Å². The third-order valence-electron chi connectivity index (χ3n) is 7.35. The van der Waals surface area contributed by atoms with Crippen LogP contribution >= 0.6 is 0 Å². The largest absolute Gasteiger partial charge is 0.326 e. The van der Waals surface area contributed by atoms with Crippen LogP contribution in [0.2, 0.25) is 0 Å². The van der Waals surface area contributed by atoms with Gasteiger partial charge in [-0.15, -0.1) is 0 Å². The molecule has 2 aliphatic heterocycles. The molecule has 0 saturated carbocycles. The van der Waals surface area contributed by atoms with Gasteiger partial charge in [-0.05, 0) is 46.5 Å². The van der Waals surface area contributed by atoms with Crippen molar-refractivity contribution in [2.75, 3.05) is 26.4 Å². The molecule has 5 rings (SSSR count). The quantitative estimate of drug-likeness (QED) is 0.451. The molecule has 4 heteroatoms. The van der Waals surface area contributed by atoms with E-state index in [0.717, 1.165) is 26.4 Å². The first-order valence-electron chi connectivity index (χ1n) is 13.2. The Kier molecular flexibility index (Phi) is 7.17. The molecule has 0 amide bonds. The summed E-state index contributed by atoms with van der Waals surface area (Å²) in [4.78, 5) is 7.98. The minimum atomic E-state index is 1.04. The highest BCUT2D eigenvalue weighted by Crippen LogP contribution is 2.27. The van der Waals surface area contributed by atoms with Crippen molar-refractivity contribution < 1.29 is 9.80 Å². The molecular weight excluding hydrogens is 416 g/mol. The Morgan fingerprint density at radius 2 is 1.18 bits per heavy atom. The van der Waals surface area contributed by atoms with E-state index in [4.69, 9.17) is 0 Å². The number of fused-ring (bicyclic) bond motifs is 2. The Morgan fingerprint density at radius 3 is 1.65 bits per heavy atom. The summed E-state index contributed by atoms with van der Waals surface area (Å²) in [5.74, 6) is 0. The fourth-order valence-corrected chi connectivity index (χ4v) is 5.39. The number of hydrogen-bond donors (Lipinski definition) is 2. The number of benzene rings is 3. The van der Waals surface area contributed by atoms with Crippen LogP contribution in [0.25, 0.3) is 21.5 Å². The summed E-state index contributed by atoms with van der Waals surface area (Å²) in [5, 5.41) is 5.53. The zero-order valence-electron chi connectivity index (χ0n) is 20.9. The van der Waals surface area contributed by atoms with Crippen molar-refractivity contribution in [3.63, 3.8) is 0 Å². The zero-order chi connectivity index (χ0) is 23.3. The maximum atomic E-state index is 2.47. The molecule has 178 valence electrons. The molecule has 0 saturated heterocycles. The summed E-state index contributed by atoms with van der Waals surface area (Å²) in [6, 6.07) is 18.5. The summed E-state index contributed by atoms with van der Waals surface area (Å²) < 4.78 is 0. The second-order valence-corrected chi connectivity index (χ2v) is 10.1. The molecule has 2 heterocycles. The van der Waals surface area contributed by atoms with E-state index >= 15 is 0 Å². The maximum absolute atomic E-state index is 2.47. The molecule has 2 atom stereocenters. The van der Waals surface area contributed by atoms with Crippen molar-refractivity contribution in [1.29, 1.82) is 0 Å². The van der Waals surface area contributed by atoms with Crippen molar-refractivity contribution in [2.24, 2.45) is 0 Å². The summed E-state index contributed by atoms with van der Waals surface area (Å²) in [5.41, 5.74) is 2.90. The minimum absolute atomic E-state index is 1.04. The lowest BCUT2D eigenvalue weighted by atomic mass is 9.96. The van der Waals surface area contributed by atoms with Gasteiger partial charge in [0.15, 0.2) is 13.3 Å². The average molecular weight is 457 g/mol. The predicted molar refractivity (Wildman–Crippen MR) is 142 cm³/mol. The van der Waals surface area contributed by atoms with Gasteiger partial charge in [0.05, 0.1) is 12.4 Å². The smallest absolute Gasteiger partial charge is 0.157 e. The fraction of sp³-hybridized carbons (Fsp3) is 0.400. The Hall–Kier alpha value is -2.82. The van der Waals surface area contributed by atoms with Crippen molar-refractivity contribution in [3.05, 3.63) is 84.5 Å². The van der Waals surface area contributed by atoms with E-state index in [1.54, 1.807) is 0 Å². The number of nitrogens with one attached hydrogen (secondary N) is 2. The van der Waals surface area contributed by atoms with Crippen LogP contribution in [0, 0.1) is 0 Å². The van der Waals surface area contributed by atoms with Gasteiger partial charge in [-0.1, -0.05) is 63.1 Å².